The van der Waals surface area contributed by atoms with Gasteiger partial charge in [0.2, 0.25) is 0 Å². The molecular formula is C6H12NO-. The van der Waals surface area contributed by atoms with Crippen LogP contribution >= 0.6 is 0 Å². The van der Waals surface area contributed by atoms with Gasteiger partial charge in [-0.3, -0.25) is 0 Å². The van der Waals surface area contributed by atoms with Crippen LogP contribution in [-0.4, -0.2) is 11.6 Å². The largest absolute Gasteiger partial charge is 0.759 e. The van der Waals surface area contributed by atoms with Crippen molar-refractivity contribution in [3.05, 3.63) is 17.5 Å². The molecule has 0 saturated heterocycles. The van der Waals surface area contributed by atoms with Gasteiger partial charge in [0.1, 0.15) is 0 Å². The van der Waals surface area contributed by atoms with Gasteiger partial charge in [-0.1, -0.05) is 13.0 Å². The van der Waals surface area contributed by atoms with Crippen molar-refractivity contribution in [1.82, 2.24) is 5.06 Å². The van der Waals surface area contributed by atoms with E-state index >= 15 is 0 Å². The zero-order valence-electron chi connectivity index (χ0n) is 5.42. The maximum atomic E-state index is 10.5. The minimum atomic E-state index is 0.602. The summed E-state index contributed by atoms with van der Waals surface area (Å²) in [6, 6.07) is 0. The van der Waals surface area contributed by atoms with Gasteiger partial charge in [-0.05, 0) is 19.5 Å². The molecule has 0 saturated carbocycles. The molecule has 0 spiro atoms. The van der Waals surface area contributed by atoms with Crippen molar-refractivity contribution in [1.29, 1.82) is 0 Å². The Balaban J connectivity index is 3.17. The molecule has 0 radical (unpaired) electrons. The van der Waals surface area contributed by atoms with Crippen molar-refractivity contribution < 1.29 is 0 Å². The van der Waals surface area contributed by atoms with Crippen LogP contribution in [0.2, 0.25) is 0 Å². The van der Waals surface area contributed by atoms with Crippen LogP contribution in [0.3, 0.4) is 0 Å². The molecule has 0 bridgehead atoms. The molecule has 2 heteroatoms. The molecule has 0 unspecified atom stereocenters. The molecule has 0 aliphatic heterocycles. The highest BCUT2D eigenvalue weighted by atomic mass is 16.5. The van der Waals surface area contributed by atoms with Gasteiger partial charge < -0.3 is 10.3 Å². The molecule has 0 atom stereocenters. The fraction of sp³-hybridized carbons (Fsp3) is 0.667. The first-order chi connectivity index (χ1) is 3.81. The van der Waals surface area contributed by atoms with E-state index in [1.54, 1.807) is 6.08 Å². The van der Waals surface area contributed by atoms with E-state index in [1.165, 1.54) is 6.20 Å². The monoisotopic (exact) mass is 114 g/mol. The van der Waals surface area contributed by atoms with E-state index in [2.05, 4.69) is 0 Å². The molecule has 48 valence electrons. The van der Waals surface area contributed by atoms with Gasteiger partial charge in [-0.25, -0.2) is 0 Å². The molecule has 0 rings (SSSR count). The van der Waals surface area contributed by atoms with Crippen LogP contribution in [-0.2, 0) is 0 Å². The number of hydrogen-bond donors (Lipinski definition) is 0. The average Bonchev–Trinajstić information content (AvgIpc) is 1.68. The van der Waals surface area contributed by atoms with Gasteiger partial charge in [0.25, 0.3) is 0 Å². The Labute approximate surface area is 50.4 Å². The minimum absolute atomic E-state index is 0.602. The second kappa shape index (κ2) is 4.65. The molecule has 8 heavy (non-hydrogen) atoms. The van der Waals surface area contributed by atoms with Crippen molar-refractivity contribution in [2.75, 3.05) is 6.54 Å². The van der Waals surface area contributed by atoms with E-state index in [0.717, 1.165) is 11.5 Å². The van der Waals surface area contributed by atoms with Crippen LogP contribution in [0.1, 0.15) is 20.3 Å². The quantitative estimate of drug-likeness (QED) is 0.522. The lowest BCUT2D eigenvalue weighted by Crippen LogP contribution is -2.07. The summed E-state index contributed by atoms with van der Waals surface area (Å²) in [5.74, 6) is 0. The summed E-state index contributed by atoms with van der Waals surface area (Å²) in [7, 11) is 0. The Hall–Kier alpha value is -0.500. The van der Waals surface area contributed by atoms with E-state index in [0.29, 0.717) is 6.54 Å². The van der Waals surface area contributed by atoms with Crippen molar-refractivity contribution in [2.45, 2.75) is 20.3 Å². The molecule has 0 fully saturated rings. The number of hydrogen-bond acceptors (Lipinski definition) is 2. The standard InChI is InChI=1S/C6H12NO/c1-3-5-7(8)6-4-2/h3,5H,4,6H2,1-2H3/q-1/b5-3+. The third-order valence-corrected chi connectivity index (χ3v) is 0.759. The average molecular weight is 114 g/mol. The summed E-state index contributed by atoms with van der Waals surface area (Å²) < 4.78 is 0. The Morgan fingerprint density at radius 2 is 2.25 bits per heavy atom. The lowest BCUT2D eigenvalue weighted by Gasteiger charge is -2.24. The molecule has 0 amide bonds. The molecule has 0 aromatic rings. The minimum Gasteiger partial charge on any atom is -0.759 e. The second-order valence-corrected chi connectivity index (χ2v) is 1.62. The van der Waals surface area contributed by atoms with Crippen LogP contribution in [0.15, 0.2) is 12.3 Å². The van der Waals surface area contributed by atoms with Crippen molar-refractivity contribution in [2.24, 2.45) is 0 Å². The smallest absolute Gasteiger partial charge is 0.00489 e. The van der Waals surface area contributed by atoms with Gasteiger partial charge in [0.15, 0.2) is 0 Å². The first-order valence-corrected chi connectivity index (χ1v) is 2.87. The molecule has 2 nitrogen and oxygen atoms in total. The highest BCUT2D eigenvalue weighted by molar-refractivity contribution is 4.78. The topological polar surface area (TPSA) is 26.3 Å². The summed E-state index contributed by atoms with van der Waals surface area (Å²) in [4.78, 5) is 0. The maximum absolute atomic E-state index is 10.5. The number of allylic oxidation sites excluding steroid dienone is 1. The molecule has 0 N–H and O–H groups in total. The van der Waals surface area contributed by atoms with Crippen LogP contribution < -0.4 is 0 Å². The van der Waals surface area contributed by atoms with Gasteiger partial charge in [0.05, 0.1) is 0 Å². The predicted molar refractivity (Wildman–Crippen MR) is 35.2 cm³/mol. The summed E-state index contributed by atoms with van der Waals surface area (Å²) in [6.45, 7) is 4.42. The molecule has 0 aliphatic carbocycles. The Bertz CT molecular complexity index is 70.9. The normalized spacial score (nSPS) is 10.4. The third kappa shape index (κ3) is 3.68. The first kappa shape index (κ1) is 7.50. The van der Waals surface area contributed by atoms with Crippen molar-refractivity contribution in [3.8, 4) is 0 Å². The molecular weight excluding hydrogens is 102 g/mol. The highest BCUT2D eigenvalue weighted by Gasteiger charge is 1.75. The number of nitrogens with zero attached hydrogens (tertiary/aromatic N) is 1. The fourth-order valence-electron chi connectivity index (χ4n) is 0.461. The van der Waals surface area contributed by atoms with E-state index in [4.69, 9.17) is 0 Å². The number of rotatable bonds is 3. The van der Waals surface area contributed by atoms with Gasteiger partial charge >= 0.3 is 0 Å². The zero-order chi connectivity index (χ0) is 6.41. The molecule has 0 aliphatic rings. The van der Waals surface area contributed by atoms with E-state index < -0.39 is 0 Å². The second-order valence-electron chi connectivity index (χ2n) is 1.62. The third-order valence-electron chi connectivity index (χ3n) is 0.759. The van der Waals surface area contributed by atoms with Gasteiger partial charge in [-0.15, -0.1) is 0 Å². The molecule has 0 aromatic carbocycles. The van der Waals surface area contributed by atoms with Crippen molar-refractivity contribution >= 4 is 0 Å². The van der Waals surface area contributed by atoms with Crippen molar-refractivity contribution in [3.63, 3.8) is 0 Å². The van der Waals surface area contributed by atoms with E-state index in [9.17, 15) is 5.21 Å². The van der Waals surface area contributed by atoms with Crippen LogP contribution in [0.4, 0.5) is 0 Å². The Kier molecular flexibility index (Phi) is 4.36. The summed E-state index contributed by atoms with van der Waals surface area (Å²) in [5, 5.41) is 11.4. The van der Waals surface area contributed by atoms with Crippen LogP contribution in [0, 0.1) is 5.21 Å². The lowest BCUT2D eigenvalue weighted by atomic mass is 10.5. The summed E-state index contributed by atoms with van der Waals surface area (Å²) in [6.07, 6.45) is 4.18. The Morgan fingerprint density at radius 3 is 2.62 bits per heavy atom. The van der Waals surface area contributed by atoms with Gasteiger partial charge in [0, 0.05) is 6.54 Å². The van der Waals surface area contributed by atoms with E-state index in [-0.39, 0.29) is 0 Å². The summed E-state index contributed by atoms with van der Waals surface area (Å²) in [5.41, 5.74) is 0. The molecule has 0 heterocycles. The first-order valence-electron chi connectivity index (χ1n) is 2.87. The maximum Gasteiger partial charge on any atom is 0.00489 e. The fourth-order valence-corrected chi connectivity index (χ4v) is 0.461. The van der Waals surface area contributed by atoms with E-state index in [1.807, 2.05) is 13.8 Å². The summed E-state index contributed by atoms with van der Waals surface area (Å²) >= 11 is 0. The number of hydroxylamine groups is 2. The molecule has 0 aromatic heterocycles. The van der Waals surface area contributed by atoms with Crippen LogP contribution in [0.5, 0.6) is 0 Å². The zero-order valence-corrected chi connectivity index (χ0v) is 5.42. The Morgan fingerprint density at radius 1 is 1.62 bits per heavy atom. The van der Waals surface area contributed by atoms with Crippen LogP contribution in [0.25, 0.3) is 0 Å². The SMILES string of the molecule is C/C=C/N([O-])CCC. The predicted octanol–water partition coefficient (Wildman–Crippen LogP) is 1.73. The lowest BCUT2D eigenvalue weighted by molar-refractivity contribution is 0.504. The highest BCUT2D eigenvalue weighted by Crippen LogP contribution is 1.87. The van der Waals surface area contributed by atoms with Gasteiger partial charge in [-0.2, -0.15) is 0 Å².